The molecule has 0 heterocycles. The zero-order valence-corrected chi connectivity index (χ0v) is 15.8. The largest absolute Gasteiger partial charge is 0.444 e. The molecule has 0 aromatic heterocycles. The lowest BCUT2D eigenvalue weighted by Gasteiger charge is -2.32. The van der Waals surface area contributed by atoms with Gasteiger partial charge >= 0.3 is 6.09 Å². The summed E-state index contributed by atoms with van der Waals surface area (Å²) in [6.45, 7) is 11.4. The van der Waals surface area contributed by atoms with Crippen LogP contribution < -0.4 is 10.6 Å². The fraction of sp³-hybridized carbons (Fsp3) is 0.650. The maximum absolute atomic E-state index is 12.0. The molecule has 0 spiro atoms. The first-order valence-corrected chi connectivity index (χ1v) is 8.98. The number of hydrogen-bond donors (Lipinski definition) is 2. The molecule has 4 heteroatoms. The van der Waals surface area contributed by atoms with Crippen LogP contribution in [-0.4, -0.2) is 23.8 Å². The topological polar surface area (TPSA) is 50.4 Å². The van der Waals surface area contributed by atoms with Gasteiger partial charge in [-0.1, -0.05) is 31.0 Å². The van der Waals surface area contributed by atoms with E-state index in [0.717, 1.165) is 19.4 Å². The summed E-state index contributed by atoms with van der Waals surface area (Å²) in [4.78, 5) is 12.0. The van der Waals surface area contributed by atoms with Crippen LogP contribution in [0.2, 0.25) is 0 Å². The Morgan fingerprint density at radius 2 is 1.75 bits per heavy atom. The van der Waals surface area contributed by atoms with E-state index in [1.54, 1.807) is 0 Å². The molecular weight excluding hydrogens is 300 g/mol. The predicted octanol–water partition coefficient (Wildman–Crippen LogP) is 4.23. The number of carbonyl (C=O) groups excluding carboxylic acids is 1. The summed E-state index contributed by atoms with van der Waals surface area (Å²) in [5, 5.41) is 6.70. The van der Waals surface area contributed by atoms with Crippen molar-refractivity contribution in [2.45, 2.75) is 78.0 Å². The molecule has 0 aliphatic heterocycles. The average molecular weight is 332 g/mol. The fourth-order valence-electron chi connectivity index (χ4n) is 3.43. The van der Waals surface area contributed by atoms with Crippen molar-refractivity contribution in [3.63, 3.8) is 0 Å². The van der Waals surface area contributed by atoms with E-state index in [-0.39, 0.29) is 11.6 Å². The monoisotopic (exact) mass is 332 g/mol. The fourth-order valence-corrected chi connectivity index (χ4v) is 3.43. The Hall–Kier alpha value is -1.55. The zero-order chi connectivity index (χ0) is 17.8. The van der Waals surface area contributed by atoms with Crippen LogP contribution >= 0.6 is 0 Å². The number of nitrogens with one attached hydrogen (secondary N) is 2. The highest BCUT2D eigenvalue weighted by molar-refractivity contribution is 5.67. The number of rotatable bonds is 5. The van der Waals surface area contributed by atoms with Crippen molar-refractivity contribution in [2.75, 3.05) is 6.54 Å². The van der Waals surface area contributed by atoms with Crippen LogP contribution in [0.5, 0.6) is 0 Å². The highest BCUT2D eigenvalue weighted by Crippen LogP contribution is 2.30. The molecule has 0 saturated heterocycles. The number of carbonyl (C=O) groups is 1. The maximum atomic E-state index is 12.0. The molecule has 0 atom stereocenters. The van der Waals surface area contributed by atoms with Gasteiger partial charge in [-0.25, -0.2) is 4.79 Å². The van der Waals surface area contributed by atoms with E-state index in [4.69, 9.17) is 4.74 Å². The number of alkyl carbamates (subject to hydrolysis) is 1. The van der Waals surface area contributed by atoms with Crippen molar-refractivity contribution >= 4 is 6.09 Å². The molecule has 1 amide bonds. The van der Waals surface area contributed by atoms with Gasteiger partial charge in [0.05, 0.1) is 0 Å². The number of hydrogen-bond acceptors (Lipinski definition) is 3. The highest BCUT2D eigenvalue weighted by atomic mass is 16.6. The summed E-state index contributed by atoms with van der Waals surface area (Å²) >= 11 is 0. The van der Waals surface area contributed by atoms with E-state index in [1.165, 1.54) is 29.5 Å². The SMILES string of the molecule is Cc1cccc(C)c1CNC1(CNC(=O)OC(C)(C)C)CCCC1. The van der Waals surface area contributed by atoms with Gasteiger partial charge in [0.1, 0.15) is 5.60 Å². The molecule has 1 saturated carbocycles. The Morgan fingerprint density at radius 3 is 2.29 bits per heavy atom. The van der Waals surface area contributed by atoms with Gasteiger partial charge in [0.15, 0.2) is 0 Å². The molecule has 0 bridgehead atoms. The van der Waals surface area contributed by atoms with Gasteiger partial charge in [0, 0.05) is 18.6 Å². The van der Waals surface area contributed by atoms with Crippen molar-refractivity contribution in [2.24, 2.45) is 0 Å². The molecule has 2 N–H and O–H groups in total. The predicted molar refractivity (Wildman–Crippen MR) is 98.2 cm³/mol. The van der Waals surface area contributed by atoms with Crippen LogP contribution in [0.1, 0.15) is 63.1 Å². The molecule has 1 aliphatic rings. The molecule has 24 heavy (non-hydrogen) atoms. The summed E-state index contributed by atoms with van der Waals surface area (Å²) in [6, 6.07) is 6.41. The minimum atomic E-state index is -0.460. The Bertz CT molecular complexity index is 549. The van der Waals surface area contributed by atoms with Gasteiger partial charge in [-0.05, 0) is 64.2 Å². The number of ether oxygens (including phenoxy) is 1. The summed E-state index contributed by atoms with van der Waals surface area (Å²) in [5.41, 5.74) is 3.51. The number of benzene rings is 1. The first-order chi connectivity index (χ1) is 11.2. The Morgan fingerprint density at radius 1 is 1.17 bits per heavy atom. The average Bonchev–Trinajstić information content (AvgIpc) is 2.92. The second-order valence-corrected chi connectivity index (χ2v) is 8.07. The number of amides is 1. The molecule has 2 rings (SSSR count). The standard InChI is InChI=1S/C20H32N2O2/c1-15-9-8-10-16(2)17(15)13-22-20(11-6-7-12-20)14-21-18(23)24-19(3,4)5/h8-10,22H,6-7,11-14H2,1-5H3,(H,21,23). The number of aryl methyl sites for hydroxylation is 2. The normalized spacial score (nSPS) is 16.9. The molecule has 0 unspecified atom stereocenters. The van der Waals surface area contributed by atoms with E-state index in [2.05, 4.69) is 42.7 Å². The lowest BCUT2D eigenvalue weighted by molar-refractivity contribution is 0.0509. The second kappa shape index (κ2) is 7.56. The van der Waals surface area contributed by atoms with E-state index in [0.29, 0.717) is 6.54 Å². The van der Waals surface area contributed by atoms with Gasteiger partial charge in [0.2, 0.25) is 0 Å². The lowest BCUT2D eigenvalue weighted by atomic mass is 9.95. The molecule has 1 fully saturated rings. The van der Waals surface area contributed by atoms with Crippen molar-refractivity contribution in [1.82, 2.24) is 10.6 Å². The summed E-state index contributed by atoms with van der Waals surface area (Å²) in [7, 11) is 0. The Balaban J connectivity index is 1.97. The highest BCUT2D eigenvalue weighted by Gasteiger charge is 2.34. The Labute approximate surface area is 146 Å². The first kappa shape index (κ1) is 18.8. The van der Waals surface area contributed by atoms with Crippen LogP contribution in [0.3, 0.4) is 0 Å². The maximum Gasteiger partial charge on any atom is 0.407 e. The molecule has 134 valence electrons. The third kappa shape index (κ3) is 5.23. The smallest absolute Gasteiger partial charge is 0.407 e. The van der Waals surface area contributed by atoms with Gasteiger partial charge in [-0.15, -0.1) is 0 Å². The first-order valence-electron chi connectivity index (χ1n) is 8.98. The lowest BCUT2D eigenvalue weighted by Crippen LogP contribution is -2.52. The van der Waals surface area contributed by atoms with Crippen LogP contribution in [0.4, 0.5) is 4.79 Å². The third-order valence-electron chi connectivity index (χ3n) is 4.82. The van der Waals surface area contributed by atoms with Crippen LogP contribution in [0, 0.1) is 13.8 Å². The minimum absolute atomic E-state index is 0.0222. The van der Waals surface area contributed by atoms with E-state index in [1.807, 2.05) is 20.8 Å². The summed E-state index contributed by atoms with van der Waals surface area (Å²) in [6.07, 6.45) is 4.26. The molecule has 1 aromatic carbocycles. The van der Waals surface area contributed by atoms with Gasteiger partial charge < -0.3 is 15.4 Å². The van der Waals surface area contributed by atoms with Crippen molar-refractivity contribution in [1.29, 1.82) is 0 Å². The summed E-state index contributed by atoms with van der Waals surface area (Å²) < 4.78 is 5.37. The van der Waals surface area contributed by atoms with Crippen molar-refractivity contribution in [3.05, 3.63) is 34.9 Å². The third-order valence-corrected chi connectivity index (χ3v) is 4.82. The molecule has 4 nitrogen and oxygen atoms in total. The van der Waals surface area contributed by atoms with Gasteiger partial charge in [-0.3, -0.25) is 0 Å². The molecular formula is C20H32N2O2. The molecule has 0 radical (unpaired) electrons. The van der Waals surface area contributed by atoms with Crippen molar-refractivity contribution < 1.29 is 9.53 Å². The molecule has 1 aliphatic carbocycles. The van der Waals surface area contributed by atoms with Crippen LogP contribution in [0.25, 0.3) is 0 Å². The van der Waals surface area contributed by atoms with E-state index >= 15 is 0 Å². The van der Waals surface area contributed by atoms with Crippen LogP contribution in [-0.2, 0) is 11.3 Å². The van der Waals surface area contributed by atoms with E-state index < -0.39 is 5.60 Å². The zero-order valence-electron chi connectivity index (χ0n) is 15.8. The minimum Gasteiger partial charge on any atom is -0.444 e. The quantitative estimate of drug-likeness (QED) is 0.848. The summed E-state index contributed by atoms with van der Waals surface area (Å²) in [5.74, 6) is 0. The van der Waals surface area contributed by atoms with Crippen molar-refractivity contribution in [3.8, 4) is 0 Å². The van der Waals surface area contributed by atoms with Gasteiger partial charge in [0.25, 0.3) is 0 Å². The second-order valence-electron chi connectivity index (χ2n) is 8.07. The van der Waals surface area contributed by atoms with E-state index in [9.17, 15) is 4.79 Å². The van der Waals surface area contributed by atoms with Crippen LogP contribution in [0.15, 0.2) is 18.2 Å². The van der Waals surface area contributed by atoms with Gasteiger partial charge in [-0.2, -0.15) is 0 Å². The molecule has 1 aromatic rings. The Kier molecular flexibility index (Phi) is 5.92.